The zero-order chi connectivity index (χ0) is 11.8. The van der Waals surface area contributed by atoms with E-state index < -0.39 is 0 Å². The van der Waals surface area contributed by atoms with E-state index in [2.05, 4.69) is 18.7 Å². The molecule has 0 radical (unpaired) electrons. The van der Waals surface area contributed by atoms with Crippen molar-refractivity contribution in [2.24, 2.45) is 17.6 Å². The summed E-state index contributed by atoms with van der Waals surface area (Å²) in [7, 11) is 0. The normalized spacial score (nSPS) is 21.2. The highest BCUT2D eigenvalue weighted by molar-refractivity contribution is 4.74. The van der Waals surface area contributed by atoms with Gasteiger partial charge in [-0.25, -0.2) is 0 Å². The molecule has 2 N–H and O–H groups in total. The fraction of sp³-hybridized carbons (Fsp3) is 1.00. The molecule has 2 nitrogen and oxygen atoms in total. The van der Waals surface area contributed by atoms with E-state index in [1.54, 1.807) is 0 Å². The Balaban J connectivity index is 2.20. The summed E-state index contributed by atoms with van der Waals surface area (Å²) in [5.74, 6) is 1.72. The molecule has 1 rings (SSSR count). The number of nitrogens with two attached hydrogens (primary N) is 1. The van der Waals surface area contributed by atoms with Crippen LogP contribution in [0.5, 0.6) is 0 Å². The summed E-state index contributed by atoms with van der Waals surface area (Å²) >= 11 is 0. The minimum absolute atomic E-state index is 0.798. The van der Waals surface area contributed by atoms with E-state index in [4.69, 9.17) is 5.73 Å². The van der Waals surface area contributed by atoms with E-state index in [1.807, 2.05) is 0 Å². The van der Waals surface area contributed by atoms with Crippen molar-refractivity contribution < 1.29 is 0 Å². The van der Waals surface area contributed by atoms with E-state index in [9.17, 15) is 0 Å². The first-order chi connectivity index (χ1) is 7.80. The summed E-state index contributed by atoms with van der Waals surface area (Å²) in [4.78, 5) is 2.66. The summed E-state index contributed by atoms with van der Waals surface area (Å²) in [6.45, 7) is 9.41. The summed E-state index contributed by atoms with van der Waals surface area (Å²) < 4.78 is 0. The molecule has 0 saturated carbocycles. The van der Waals surface area contributed by atoms with Gasteiger partial charge in [0.05, 0.1) is 0 Å². The molecule has 96 valence electrons. The maximum atomic E-state index is 5.72. The lowest BCUT2D eigenvalue weighted by molar-refractivity contribution is 0.157. The third-order valence-corrected chi connectivity index (χ3v) is 4.10. The second kappa shape index (κ2) is 8.08. The highest BCUT2D eigenvalue weighted by Gasteiger charge is 2.19. The molecule has 2 heteroatoms. The van der Waals surface area contributed by atoms with Crippen molar-refractivity contribution in [2.75, 3.05) is 26.2 Å². The van der Waals surface area contributed by atoms with E-state index in [0.29, 0.717) is 0 Å². The molecule has 0 aromatic heterocycles. The van der Waals surface area contributed by atoms with Crippen LogP contribution in [0.15, 0.2) is 0 Å². The average Bonchev–Trinajstić information content (AvgIpc) is 2.35. The van der Waals surface area contributed by atoms with E-state index in [1.165, 1.54) is 58.2 Å². The van der Waals surface area contributed by atoms with Gasteiger partial charge in [0.1, 0.15) is 0 Å². The molecule has 1 aliphatic rings. The average molecular weight is 226 g/mol. The van der Waals surface area contributed by atoms with E-state index in [-0.39, 0.29) is 0 Å². The lowest BCUT2D eigenvalue weighted by Crippen LogP contribution is -2.38. The number of nitrogens with zero attached hydrogens (tertiary/aromatic N) is 1. The number of hydrogen-bond acceptors (Lipinski definition) is 2. The van der Waals surface area contributed by atoms with Crippen LogP contribution in [0.3, 0.4) is 0 Å². The summed E-state index contributed by atoms with van der Waals surface area (Å²) in [5.41, 5.74) is 5.72. The van der Waals surface area contributed by atoms with Crippen LogP contribution in [0.2, 0.25) is 0 Å². The molecular weight excluding hydrogens is 196 g/mol. The summed E-state index contributed by atoms with van der Waals surface area (Å²) in [6, 6.07) is 0. The van der Waals surface area contributed by atoms with Gasteiger partial charge in [-0.05, 0) is 50.7 Å². The standard InChI is InChI=1S/C14H30N2/c1-3-5-6-13(4-2)12-16-9-7-14(11-15)8-10-16/h13-14H,3-12,15H2,1-2H3. The van der Waals surface area contributed by atoms with Crippen LogP contribution >= 0.6 is 0 Å². The molecule has 1 heterocycles. The number of unbranched alkanes of at least 4 members (excludes halogenated alkanes) is 1. The second-order valence-electron chi connectivity index (χ2n) is 5.40. The van der Waals surface area contributed by atoms with Gasteiger partial charge in [-0.3, -0.25) is 0 Å². The third-order valence-electron chi connectivity index (χ3n) is 4.10. The van der Waals surface area contributed by atoms with Gasteiger partial charge in [0.15, 0.2) is 0 Å². The Morgan fingerprint density at radius 3 is 2.44 bits per heavy atom. The maximum absolute atomic E-state index is 5.72. The van der Waals surface area contributed by atoms with Crippen LogP contribution in [0.1, 0.15) is 52.4 Å². The number of likely N-dealkylation sites (tertiary alicyclic amines) is 1. The highest BCUT2D eigenvalue weighted by atomic mass is 15.1. The van der Waals surface area contributed by atoms with Gasteiger partial charge in [0.2, 0.25) is 0 Å². The Morgan fingerprint density at radius 1 is 1.25 bits per heavy atom. The highest BCUT2D eigenvalue weighted by Crippen LogP contribution is 2.20. The van der Waals surface area contributed by atoms with Crippen molar-refractivity contribution >= 4 is 0 Å². The Hall–Kier alpha value is -0.0800. The van der Waals surface area contributed by atoms with Crippen molar-refractivity contribution in [3.63, 3.8) is 0 Å². The van der Waals surface area contributed by atoms with Gasteiger partial charge in [0.25, 0.3) is 0 Å². The van der Waals surface area contributed by atoms with Gasteiger partial charge >= 0.3 is 0 Å². The molecule has 1 saturated heterocycles. The fourth-order valence-corrected chi connectivity index (χ4v) is 2.69. The van der Waals surface area contributed by atoms with Crippen molar-refractivity contribution in [2.45, 2.75) is 52.4 Å². The van der Waals surface area contributed by atoms with Gasteiger partial charge in [-0.1, -0.05) is 33.1 Å². The topological polar surface area (TPSA) is 29.3 Å². The van der Waals surface area contributed by atoms with Crippen molar-refractivity contribution in [1.29, 1.82) is 0 Å². The van der Waals surface area contributed by atoms with Crippen LogP contribution in [-0.4, -0.2) is 31.1 Å². The number of hydrogen-bond donors (Lipinski definition) is 1. The molecule has 1 aliphatic heterocycles. The zero-order valence-electron chi connectivity index (χ0n) is 11.3. The first kappa shape index (κ1) is 14.0. The quantitative estimate of drug-likeness (QED) is 0.723. The Morgan fingerprint density at radius 2 is 1.94 bits per heavy atom. The lowest BCUT2D eigenvalue weighted by Gasteiger charge is -2.33. The van der Waals surface area contributed by atoms with Crippen LogP contribution in [0.4, 0.5) is 0 Å². The Kier molecular flexibility index (Phi) is 7.06. The summed E-state index contributed by atoms with van der Waals surface area (Å²) in [5, 5.41) is 0. The molecule has 1 unspecified atom stereocenters. The number of piperidine rings is 1. The molecular formula is C14H30N2. The number of rotatable bonds is 7. The lowest BCUT2D eigenvalue weighted by atomic mass is 9.94. The minimum Gasteiger partial charge on any atom is -0.330 e. The van der Waals surface area contributed by atoms with Crippen LogP contribution < -0.4 is 5.73 Å². The van der Waals surface area contributed by atoms with Crippen LogP contribution in [0.25, 0.3) is 0 Å². The predicted octanol–water partition coefficient (Wildman–Crippen LogP) is 2.87. The smallest absolute Gasteiger partial charge is 0.000956 e. The predicted molar refractivity (Wildman–Crippen MR) is 71.5 cm³/mol. The molecule has 0 aromatic rings. The van der Waals surface area contributed by atoms with Crippen molar-refractivity contribution in [3.8, 4) is 0 Å². The molecule has 1 atom stereocenters. The van der Waals surface area contributed by atoms with Crippen LogP contribution in [-0.2, 0) is 0 Å². The van der Waals surface area contributed by atoms with Gasteiger partial charge in [-0.2, -0.15) is 0 Å². The molecule has 16 heavy (non-hydrogen) atoms. The second-order valence-corrected chi connectivity index (χ2v) is 5.40. The molecule has 0 amide bonds. The van der Waals surface area contributed by atoms with Gasteiger partial charge in [-0.15, -0.1) is 0 Å². The molecule has 0 aromatic carbocycles. The first-order valence-electron chi connectivity index (χ1n) is 7.22. The largest absolute Gasteiger partial charge is 0.330 e. The molecule has 1 fully saturated rings. The van der Waals surface area contributed by atoms with Gasteiger partial charge in [0, 0.05) is 6.54 Å². The summed E-state index contributed by atoms with van der Waals surface area (Å²) in [6.07, 6.45) is 8.14. The van der Waals surface area contributed by atoms with Crippen LogP contribution in [0, 0.1) is 11.8 Å². The SMILES string of the molecule is CCCCC(CC)CN1CCC(CN)CC1. The third kappa shape index (κ3) is 4.84. The molecule has 0 bridgehead atoms. The van der Waals surface area contributed by atoms with Crippen molar-refractivity contribution in [1.82, 2.24) is 4.90 Å². The maximum Gasteiger partial charge on any atom is 0.000956 e. The van der Waals surface area contributed by atoms with Crippen molar-refractivity contribution in [3.05, 3.63) is 0 Å². The first-order valence-corrected chi connectivity index (χ1v) is 7.22. The Labute approximate surface area is 102 Å². The molecule has 0 spiro atoms. The fourth-order valence-electron chi connectivity index (χ4n) is 2.69. The molecule has 0 aliphatic carbocycles. The Bertz CT molecular complexity index is 162. The van der Waals surface area contributed by atoms with E-state index in [0.717, 1.165) is 18.4 Å². The van der Waals surface area contributed by atoms with E-state index >= 15 is 0 Å². The minimum atomic E-state index is 0.798. The zero-order valence-corrected chi connectivity index (χ0v) is 11.3. The van der Waals surface area contributed by atoms with Gasteiger partial charge < -0.3 is 10.6 Å². The monoisotopic (exact) mass is 226 g/mol.